The molecule has 0 spiro atoms. The van der Waals surface area contributed by atoms with Gasteiger partial charge in [0.1, 0.15) is 10.6 Å². The third kappa shape index (κ3) is 4.09. The average Bonchev–Trinajstić information content (AvgIpc) is 2.37. The van der Waals surface area contributed by atoms with Gasteiger partial charge in [0.05, 0.1) is 7.11 Å². The summed E-state index contributed by atoms with van der Waals surface area (Å²) in [6, 6.07) is 4.35. The fourth-order valence-electron chi connectivity index (χ4n) is 1.79. The minimum absolute atomic E-state index is 0.0296. The second-order valence-corrected chi connectivity index (χ2v) is 6.88. The van der Waals surface area contributed by atoms with Gasteiger partial charge in [0, 0.05) is 23.2 Å². The number of sulfonamides is 1. The smallest absolute Gasteiger partial charge is 0.244 e. The van der Waals surface area contributed by atoms with Crippen LogP contribution in [0.3, 0.4) is 0 Å². The zero-order valence-corrected chi connectivity index (χ0v) is 13.4. The van der Waals surface area contributed by atoms with Crippen LogP contribution >= 0.6 is 11.6 Å². The number of nitrogens with one attached hydrogen (secondary N) is 1. The lowest BCUT2D eigenvalue weighted by Gasteiger charge is -2.28. The van der Waals surface area contributed by atoms with E-state index in [1.807, 2.05) is 6.92 Å². The molecule has 1 unspecified atom stereocenters. The van der Waals surface area contributed by atoms with E-state index in [-0.39, 0.29) is 17.3 Å². The minimum Gasteiger partial charge on any atom is -0.495 e. The SMILES string of the molecule is CCC(C)(CCO)NS(=O)(=O)c1ccc(Cl)cc1OC. The van der Waals surface area contributed by atoms with Crippen molar-refractivity contribution in [1.29, 1.82) is 0 Å². The molecule has 1 atom stereocenters. The molecule has 0 aliphatic rings. The molecule has 0 radical (unpaired) electrons. The summed E-state index contributed by atoms with van der Waals surface area (Å²) in [5.41, 5.74) is -0.710. The van der Waals surface area contributed by atoms with Crippen LogP contribution in [0.5, 0.6) is 5.75 Å². The van der Waals surface area contributed by atoms with E-state index in [2.05, 4.69) is 4.72 Å². The molecule has 0 bridgehead atoms. The van der Waals surface area contributed by atoms with Gasteiger partial charge in [-0.05, 0) is 31.9 Å². The number of hydrogen-bond donors (Lipinski definition) is 2. The predicted octanol–water partition coefficient (Wildman–Crippen LogP) is 2.18. The summed E-state index contributed by atoms with van der Waals surface area (Å²) in [5.74, 6) is 0.187. The van der Waals surface area contributed by atoms with Crippen molar-refractivity contribution >= 4 is 21.6 Å². The van der Waals surface area contributed by atoms with Crippen LogP contribution in [0.2, 0.25) is 5.02 Å². The summed E-state index contributed by atoms with van der Waals surface area (Å²) < 4.78 is 32.6. The summed E-state index contributed by atoms with van der Waals surface area (Å²) in [6.07, 6.45) is 0.890. The largest absolute Gasteiger partial charge is 0.495 e. The van der Waals surface area contributed by atoms with E-state index in [4.69, 9.17) is 21.4 Å². The maximum Gasteiger partial charge on any atom is 0.244 e. The number of rotatable bonds is 7. The number of aliphatic hydroxyl groups is 1. The monoisotopic (exact) mass is 321 g/mol. The molecule has 0 heterocycles. The fraction of sp³-hybridized carbons (Fsp3) is 0.538. The van der Waals surface area contributed by atoms with Gasteiger partial charge in [-0.25, -0.2) is 13.1 Å². The maximum atomic E-state index is 12.5. The second-order valence-electron chi connectivity index (χ2n) is 4.79. The average molecular weight is 322 g/mol. The standard InChI is InChI=1S/C13H20ClNO4S/c1-4-13(2,7-8-16)15-20(17,18)12-6-5-10(14)9-11(12)19-3/h5-6,9,15-16H,4,7-8H2,1-3H3. The molecule has 0 fully saturated rings. The zero-order valence-electron chi connectivity index (χ0n) is 11.8. The summed E-state index contributed by atoms with van der Waals surface area (Å²) in [4.78, 5) is 0.0296. The van der Waals surface area contributed by atoms with Crippen molar-refractivity contribution in [3.05, 3.63) is 23.2 Å². The maximum absolute atomic E-state index is 12.5. The number of benzene rings is 1. The van der Waals surface area contributed by atoms with Crippen LogP contribution in [0.4, 0.5) is 0 Å². The molecule has 2 N–H and O–H groups in total. The number of ether oxygens (including phenoxy) is 1. The Morgan fingerprint density at radius 1 is 1.45 bits per heavy atom. The highest BCUT2D eigenvalue weighted by Crippen LogP contribution is 2.28. The van der Waals surface area contributed by atoms with Crippen molar-refractivity contribution in [1.82, 2.24) is 4.72 Å². The Bertz CT molecular complexity index is 561. The molecule has 1 rings (SSSR count). The Balaban J connectivity index is 3.17. The lowest BCUT2D eigenvalue weighted by molar-refractivity contribution is 0.233. The third-order valence-electron chi connectivity index (χ3n) is 3.24. The van der Waals surface area contributed by atoms with E-state index in [0.29, 0.717) is 17.9 Å². The molecule has 114 valence electrons. The molecule has 1 aromatic carbocycles. The van der Waals surface area contributed by atoms with Crippen molar-refractivity contribution in [2.75, 3.05) is 13.7 Å². The van der Waals surface area contributed by atoms with Gasteiger partial charge in [-0.15, -0.1) is 0 Å². The highest BCUT2D eigenvalue weighted by molar-refractivity contribution is 7.89. The first-order valence-corrected chi connectivity index (χ1v) is 8.12. The summed E-state index contributed by atoms with van der Waals surface area (Å²) in [6.45, 7) is 3.52. The highest BCUT2D eigenvalue weighted by atomic mass is 35.5. The number of halogens is 1. The van der Waals surface area contributed by atoms with Crippen LogP contribution in [-0.4, -0.2) is 32.8 Å². The molecule has 0 saturated carbocycles. The van der Waals surface area contributed by atoms with Gasteiger partial charge in [-0.3, -0.25) is 0 Å². The Morgan fingerprint density at radius 2 is 2.10 bits per heavy atom. The topological polar surface area (TPSA) is 75.6 Å². The normalized spacial score (nSPS) is 14.8. The fourth-order valence-corrected chi connectivity index (χ4v) is 3.61. The van der Waals surface area contributed by atoms with E-state index in [0.717, 1.165) is 0 Å². The van der Waals surface area contributed by atoms with Crippen LogP contribution in [0, 0.1) is 0 Å². The van der Waals surface area contributed by atoms with Crippen LogP contribution in [0.25, 0.3) is 0 Å². The van der Waals surface area contributed by atoms with Gasteiger partial charge in [0.2, 0.25) is 10.0 Å². The summed E-state index contributed by atoms with van der Waals surface area (Å²) in [5, 5.41) is 9.46. The molecule has 0 aromatic heterocycles. The van der Waals surface area contributed by atoms with Crippen LogP contribution in [-0.2, 0) is 10.0 Å². The van der Waals surface area contributed by atoms with E-state index in [1.54, 1.807) is 6.92 Å². The minimum atomic E-state index is -3.76. The first kappa shape index (κ1) is 17.2. The molecular weight excluding hydrogens is 302 g/mol. The van der Waals surface area contributed by atoms with Gasteiger partial charge in [-0.1, -0.05) is 18.5 Å². The Kier molecular flexibility index (Phi) is 5.82. The van der Waals surface area contributed by atoms with Crippen LogP contribution < -0.4 is 9.46 Å². The molecule has 7 heteroatoms. The van der Waals surface area contributed by atoms with Crippen molar-refractivity contribution in [2.45, 2.75) is 37.1 Å². The molecule has 0 amide bonds. The van der Waals surface area contributed by atoms with Gasteiger partial charge in [0.25, 0.3) is 0 Å². The Labute approximate surface area is 125 Å². The van der Waals surface area contributed by atoms with Crippen LogP contribution in [0.1, 0.15) is 26.7 Å². The first-order chi connectivity index (χ1) is 9.28. The first-order valence-electron chi connectivity index (χ1n) is 6.26. The van der Waals surface area contributed by atoms with Crippen molar-refractivity contribution in [2.24, 2.45) is 0 Å². The highest BCUT2D eigenvalue weighted by Gasteiger charge is 2.30. The molecule has 20 heavy (non-hydrogen) atoms. The third-order valence-corrected chi connectivity index (χ3v) is 5.15. The van der Waals surface area contributed by atoms with Gasteiger partial charge >= 0.3 is 0 Å². The molecule has 1 aromatic rings. The predicted molar refractivity (Wildman–Crippen MR) is 78.7 cm³/mol. The van der Waals surface area contributed by atoms with Gasteiger partial charge < -0.3 is 9.84 Å². The summed E-state index contributed by atoms with van der Waals surface area (Å²) in [7, 11) is -2.37. The molecule has 0 saturated heterocycles. The molecular formula is C13H20ClNO4S. The Hall–Kier alpha value is -0.820. The van der Waals surface area contributed by atoms with Crippen molar-refractivity contribution in [3.8, 4) is 5.75 Å². The molecule has 0 aliphatic heterocycles. The van der Waals surface area contributed by atoms with E-state index >= 15 is 0 Å². The van der Waals surface area contributed by atoms with Gasteiger partial charge in [-0.2, -0.15) is 0 Å². The number of aliphatic hydroxyl groups excluding tert-OH is 1. The lowest BCUT2D eigenvalue weighted by Crippen LogP contribution is -2.46. The number of methoxy groups -OCH3 is 1. The van der Waals surface area contributed by atoms with Crippen molar-refractivity contribution in [3.63, 3.8) is 0 Å². The van der Waals surface area contributed by atoms with E-state index < -0.39 is 15.6 Å². The number of hydrogen-bond acceptors (Lipinski definition) is 4. The lowest BCUT2D eigenvalue weighted by atomic mass is 9.97. The second kappa shape index (κ2) is 6.76. The van der Waals surface area contributed by atoms with E-state index in [9.17, 15) is 8.42 Å². The van der Waals surface area contributed by atoms with E-state index in [1.165, 1.54) is 25.3 Å². The molecule has 5 nitrogen and oxygen atoms in total. The zero-order chi connectivity index (χ0) is 15.4. The quantitative estimate of drug-likeness (QED) is 0.807. The van der Waals surface area contributed by atoms with Gasteiger partial charge in [0.15, 0.2) is 0 Å². The molecule has 0 aliphatic carbocycles. The van der Waals surface area contributed by atoms with Crippen molar-refractivity contribution < 1.29 is 18.3 Å². The van der Waals surface area contributed by atoms with Crippen LogP contribution in [0.15, 0.2) is 23.1 Å². The Morgan fingerprint density at radius 3 is 2.60 bits per heavy atom. The summed E-state index contributed by atoms with van der Waals surface area (Å²) >= 11 is 5.83.